The molecule has 25 heavy (non-hydrogen) atoms. The lowest BCUT2D eigenvalue weighted by Gasteiger charge is -2.11. The van der Waals surface area contributed by atoms with E-state index in [1.165, 1.54) is 4.40 Å². The third kappa shape index (κ3) is 2.94. The molecule has 8 heteroatoms. The lowest BCUT2D eigenvalue weighted by atomic mass is 10.2. The highest BCUT2D eigenvalue weighted by atomic mass is 32.1. The first-order chi connectivity index (χ1) is 12.0. The third-order valence-corrected chi connectivity index (χ3v) is 4.39. The van der Waals surface area contributed by atoms with Crippen molar-refractivity contribution in [2.45, 2.75) is 19.9 Å². The molecule has 0 saturated heterocycles. The molecule has 0 unspecified atom stereocenters. The number of aromatic nitrogens is 3. The Labute approximate surface area is 149 Å². The normalized spacial score (nSPS) is 11.3. The Hall–Kier alpha value is -2.58. The van der Waals surface area contributed by atoms with Crippen LogP contribution in [0.4, 0.5) is 5.82 Å². The highest BCUT2D eigenvalue weighted by molar-refractivity contribution is 7.80. The molecular formula is C17H20N5O2S+. The molecule has 3 heterocycles. The number of methoxy groups -OCH3 is 1. The summed E-state index contributed by atoms with van der Waals surface area (Å²) >= 11 is 5.10. The minimum Gasteiger partial charge on any atom is -0.389 e. The van der Waals surface area contributed by atoms with Crippen LogP contribution in [-0.4, -0.2) is 28.1 Å². The van der Waals surface area contributed by atoms with Gasteiger partial charge in [-0.05, 0) is 19.1 Å². The van der Waals surface area contributed by atoms with Crippen molar-refractivity contribution in [3.8, 4) is 0 Å². The number of nitrogens with zero attached hydrogens (tertiary/aromatic N) is 3. The van der Waals surface area contributed by atoms with E-state index in [1.54, 1.807) is 23.9 Å². The molecule has 3 aromatic rings. The summed E-state index contributed by atoms with van der Waals surface area (Å²) < 4.78 is 8.43. The quantitative estimate of drug-likeness (QED) is 0.301. The molecule has 0 aliphatic carbocycles. The summed E-state index contributed by atoms with van der Waals surface area (Å²) in [4.78, 5) is 17.8. The van der Waals surface area contributed by atoms with Gasteiger partial charge in [-0.3, -0.25) is 9.20 Å². The summed E-state index contributed by atoms with van der Waals surface area (Å²) in [5.41, 5.74) is 14.4. The molecule has 0 spiro atoms. The maximum absolute atomic E-state index is 13.0. The van der Waals surface area contributed by atoms with Gasteiger partial charge >= 0.3 is 0 Å². The molecule has 0 aliphatic rings. The number of hydrogen-bond acceptors (Lipinski definition) is 5. The number of rotatable bonds is 5. The zero-order valence-electron chi connectivity index (χ0n) is 14.2. The minimum absolute atomic E-state index is 0.147. The Balaban J connectivity index is 2.41. The Kier molecular flexibility index (Phi) is 4.65. The summed E-state index contributed by atoms with van der Waals surface area (Å²) in [5.74, 6) is 0.404. The van der Waals surface area contributed by atoms with Gasteiger partial charge in [-0.25, -0.2) is 4.57 Å². The molecule has 0 radical (unpaired) electrons. The molecule has 0 aliphatic heterocycles. The number of aryl methyl sites for hydroxylation is 2. The van der Waals surface area contributed by atoms with Crippen molar-refractivity contribution in [1.29, 1.82) is 0 Å². The maximum atomic E-state index is 13.0. The van der Waals surface area contributed by atoms with Gasteiger partial charge in [0, 0.05) is 31.9 Å². The van der Waals surface area contributed by atoms with Crippen molar-refractivity contribution in [3.63, 3.8) is 0 Å². The second kappa shape index (κ2) is 6.73. The Morgan fingerprint density at radius 2 is 2.24 bits per heavy atom. The van der Waals surface area contributed by atoms with Crippen LogP contribution in [0.15, 0.2) is 29.2 Å². The topological polar surface area (TPSA) is 99.5 Å². The SMILES string of the molecule is COCCC[n+]1c(N)c(C(N)=S)cc2c(=O)n3cccc(C)c3nc21. The van der Waals surface area contributed by atoms with Crippen LogP contribution in [0.1, 0.15) is 17.5 Å². The maximum Gasteiger partial charge on any atom is 0.278 e. The molecule has 0 fully saturated rings. The van der Waals surface area contributed by atoms with Gasteiger partial charge in [0.2, 0.25) is 11.5 Å². The van der Waals surface area contributed by atoms with Crippen molar-refractivity contribution >= 4 is 39.7 Å². The van der Waals surface area contributed by atoms with Gasteiger partial charge in [-0.1, -0.05) is 23.3 Å². The molecule has 0 aromatic carbocycles. The number of hydrogen-bond donors (Lipinski definition) is 2. The summed E-state index contributed by atoms with van der Waals surface area (Å²) in [5, 5.41) is 0.428. The van der Waals surface area contributed by atoms with E-state index in [4.69, 9.17) is 33.4 Å². The van der Waals surface area contributed by atoms with E-state index in [0.717, 1.165) is 12.0 Å². The number of fused-ring (bicyclic) bond motifs is 2. The van der Waals surface area contributed by atoms with Gasteiger partial charge in [0.1, 0.15) is 10.4 Å². The number of pyridine rings is 2. The van der Waals surface area contributed by atoms with Gasteiger partial charge in [-0.2, -0.15) is 0 Å². The van der Waals surface area contributed by atoms with Crippen molar-refractivity contribution in [2.24, 2.45) is 5.73 Å². The largest absolute Gasteiger partial charge is 0.389 e. The highest BCUT2D eigenvalue weighted by Crippen LogP contribution is 2.15. The van der Waals surface area contributed by atoms with E-state index in [9.17, 15) is 4.79 Å². The summed E-state index contributed by atoms with van der Waals surface area (Å²) in [7, 11) is 1.64. The zero-order chi connectivity index (χ0) is 18.1. The molecular weight excluding hydrogens is 338 g/mol. The van der Waals surface area contributed by atoms with Crippen LogP contribution in [0, 0.1) is 6.92 Å². The molecule has 3 aromatic heterocycles. The summed E-state index contributed by atoms with van der Waals surface area (Å²) in [6, 6.07) is 5.36. The first-order valence-electron chi connectivity index (χ1n) is 7.88. The molecule has 0 saturated carbocycles. The monoisotopic (exact) mass is 358 g/mol. The lowest BCUT2D eigenvalue weighted by Crippen LogP contribution is -2.42. The summed E-state index contributed by atoms with van der Waals surface area (Å²) in [6.45, 7) is 3.02. The molecule has 4 N–H and O–H groups in total. The number of thiocarbonyl (C=S) groups is 1. The highest BCUT2D eigenvalue weighted by Gasteiger charge is 2.22. The van der Waals surface area contributed by atoms with Crippen LogP contribution in [0.3, 0.4) is 0 Å². The Morgan fingerprint density at radius 1 is 1.48 bits per heavy atom. The first kappa shape index (κ1) is 17.2. The van der Waals surface area contributed by atoms with Crippen molar-refractivity contribution in [3.05, 3.63) is 45.9 Å². The van der Waals surface area contributed by atoms with E-state index >= 15 is 0 Å². The average Bonchev–Trinajstić information content (AvgIpc) is 2.58. The van der Waals surface area contributed by atoms with Crippen molar-refractivity contribution in [2.75, 3.05) is 19.5 Å². The van der Waals surface area contributed by atoms with Crippen molar-refractivity contribution < 1.29 is 9.30 Å². The lowest BCUT2D eigenvalue weighted by molar-refractivity contribution is -0.659. The Morgan fingerprint density at radius 3 is 2.92 bits per heavy atom. The van der Waals surface area contributed by atoms with Gasteiger partial charge in [0.15, 0.2) is 0 Å². The molecule has 3 rings (SSSR count). The van der Waals surface area contributed by atoms with Crippen LogP contribution >= 0.6 is 12.2 Å². The van der Waals surface area contributed by atoms with E-state index in [1.807, 2.05) is 19.1 Å². The third-order valence-electron chi connectivity index (χ3n) is 4.17. The Bertz CT molecular complexity index is 1040. The second-order valence-electron chi connectivity index (χ2n) is 5.84. The minimum atomic E-state index is -0.179. The average molecular weight is 358 g/mol. The van der Waals surface area contributed by atoms with E-state index in [2.05, 4.69) is 0 Å². The van der Waals surface area contributed by atoms with E-state index in [0.29, 0.717) is 41.2 Å². The predicted molar refractivity (Wildman–Crippen MR) is 101 cm³/mol. The van der Waals surface area contributed by atoms with E-state index < -0.39 is 0 Å². The van der Waals surface area contributed by atoms with Crippen molar-refractivity contribution in [1.82, 2.24) is 9.38 Å². The standard InChI is InChI=1S/C17H19N5O2S/c1-10-5-3-6-22-15(10)20-16-12(17(22)23)9-11(14(19)25)13(18)21(16)7-4-8-24-2/h3,5-6,9,18H,4,7-8H2,1-2H3,(H2,19,25)/p+1. The zero-order valence-corrected chi connectivity index (χ0v) is 15.0. The molecule has 0 atom stereocenters. The molecule has 0 bridgehead atoms. The summed E-state index contributed by atoms with van der Waals surface area (Å²) in [6.07, 6.45) is 2.42. The predicted octanol–water partition coefficient (Wildman–Crippen LogP) is 0.697. The fourth-order valence-electron chi connectivity index (χ4n) is 2.90. The first-order valence-corrected chi connectivity index (χ1v) is 8.29. The van der Waals surface area contributed by atoms with Crippen LogP contribution in [0.2, 0.25) is 0 Å². The van der Waals surface area contributed by atoms with Gasteiger partial charge < -0.3 is 16.2 Å². The van der Waals surface area contributed by atoms with Gasteiger partial charge in [-0.15, -0.1) is 0 Å². The number of anilines is 1. The molecule has 130 valence electrons. The smallest absolute Gasteiger partial charge is 0.278 e. The number of nitrogens with two attached hydrogens (primary N) is 2. The van der Waals surface area contributed by atoms with Gasteiger partial charge in [0.05, 0.1) is 12.1 Å². The van der Waals surface area contributed by atoms with Crippen LogP contribution in [0.5, 0.6) is 0 Å². The van der Waals surface area contributed by atoms with E-state index in [-0.39, 0.29) is 10.5 Å². The van der Waals surface area contributed by atoms with Gasteiger partial charge in [0.25, 0.3) is 11.2 Å². The molecule has 0 amide bonds. The van der Waals surface area contributed by atoms with Crippen LogP contribution < -0.4 is 21.6 Å². The fourth-order valence-corrected chi connectivity index (χ4v) is 3.06. The van der Waals surface area contributed by atoms with Crippen LogP contribution in [0.25, 0.3) is 16.7 Å². The van der Waals surface area contributed by atoms with Crippen LogP contribution in [-0.2, 0) is 11.3 Å². The number of nitrogen functional groups attached to an aromatic ring is 1. The molecule has 7 nitrogen and oxygen atoms in total. The number of ether oxygens (including phenoxy) is 1. The fraction of sp³-hybridized carbons (Fsp3) is 0.294. The second-order valence-corrected chi connectivity index (χ2v) is 6.28.